The van der Waals surface area contributed by atoms with E-state index in [1.165, 1.54) is 0 Å². The second-order valence-electron chi connectivity index (χ2n) is 14.7. The molecule has 0 saturated heterocycles. The van der Waals surface area contributed by atoms with Crippen molar-refractivity contribution in [1.82, 2.24) is 0 Å². The summed E-state index contributed by atoms with van der Waals surface area (Å²) in [5.74, 6) is -170. The van der Waals surface area contributed by atoms with Gasteiger partial charge >= 0.3 is 131 Å². The smallest absolute Gasteiger partial charge is 0.460 e. The Kier molecular flexibility index (Phi) is 18.8. The van der Waals surface area contributed by atoms with Crippen LogP contribution in [0.5, 0.6) is 0 Å². The van der Waals surface area contributed by atoms with Crippen LogP contribution in [0.2, 0.25) is 0 Å². The molecule has 1 unspecified atom stereocenters. The summed E-state index contributed by atoms with van der Waals surface area (Å²) in [4.78, 5) is 23.7. The zero-order valence-electron chi connectivity index (χ0n) is 34.3. The molecule has 466 valence electrons. The van der Waals surface area contributed by atoms with Crippen LogP contribution in [0.1, 0.15) is 19.3 Å². The van der Waals surface area contributed by atoms with Crippen molar-refractivity contribution < 1.29 is 216 Å². The third-order valence-electron chi connectivity index (χ3n) is 9.47. The highest BCUT2D eigenvalue weighted by atomic mass is 32.2. The molecule has 0 spiro atoms. The number of rotatable bonds is 26. The monoisotopic (exact) mass is 1290 g/mol. The summed E-state index contributed by atoms with van der Waals surface area (Å²) < 4.78 is 606. The average Bonchev–Trinajstić information content (AvgIpc) is 3.19. The lowest BCUT2D eigenvalue weighted by atomic mass is 9.86. The SMILES string of the molecule is O=C(CC(C(=O)OCCC(F)(F)C(F)(F)C(F)(F)C(F)(F)C(F)(F)C(F)(F)C(F)(F)C(F)(F)C(F)(F)C(F)(F)F)S(=O)(=O)O)OCCC(F)(F)C(F)(F)C(F)(F)C(F)(F)C(F)(F)C(F)(F)C(F)(F)C(F)(F)C(F)(F)C(F)(F)F. The number of hydrogen-bond acceptors (Lipinski definition) is 6. The fraction of sp³-hybridized carbons (Fsp3) is 0.929. The summed E-state index contributed by atoms with van der Waals surface area (Å²) in [5.41, 5.74) is 0. The van der Waals surface area contributed by atoms with Gasteiger partial charge in [-0.1, -0.05) is 0 Å². The van der Waals surface area contributed by atoms with Crippen LogP contribution in [-0.2, 0) is 29.2 Å². The Morgan fingerprint density at radius 1 is 0.308 bits per heavy atom. The molecule has 0 aliphatic rings. The van der Waals surface area contributed by atoms with E-state index in [2.05, 4.69) is 9.47 Å². The van der Waals surface area contributed by atoms with E-state index in [0.717, 1.165) is 0 Å². The van der Waals surface area contributed by atoms with Crippen molar-refractivity contribution in [2.75, 3.05) is 13.2 Å². The largest absolute Gasteiger partial charge is 0.465 e. The number of ether oxygens (including phenoxy) is 2. The van der Waals surface area contributed by atoms with Crippen molar-refractivity contribution in [2.45, 2.75) is 143 Å². The molecule has 7 nitrogen and oxygen atoms in total. The van der Waals surface area contributed by atoms with E-state index in [-0.39, 0.29) is 0 Å². The first-order chi connectivity index (χ1) is 33.1. The quantitative estimate of drug-likeness (QED) is 0.0522. The molecule has 0 aromatic carbocycles. The molecular formula is C28H12F42O7S. The zero-order valence-corrected chi connectivity index (χ0v) is 35.1. The molecule has 0 amide bonds. The van der Waals surface area contributed by atoms with Crippen molar-refractivity contribution in [1.29, 1.82) is 0 Å². The lowest BCUT2D eigenvalue weighted by Crippen LogP contribution is -2.76. The van der Waals surface area contributed by atoms with Crippen molar-refractivity contribution in [3.63, 3.8) is 0 Å². The van der Waals surface area contributed by atoms with Gasteiger partial charge in [-0.3, -0.25) is 14.1 Å². The van der Waals surface area contributed by atoms with Crippen molar-refractivity contribution in [2.24, 2.45) is 0 Å². The highest BCUT2D eigenvalue weighted by Crippen LogP contribution is 2.69. The van der Waals surface area contributed by atoms with Gasteiger partial charge in [-0.15, -0.1) is 0 Å². The first kappa shape index (κ1) is 73.9. The Labute approximate surface area is 396 Å². The van der Waals surface area contributed by atoms with Gasteiger partial charge in [0.15, 0.2) is 5.25 Å². The molecule has 0 heterocycles. The lowest BCUT2D eigenvalue weighted by molar-refractivity contribution is -0.474. The molecule has 0 saturated carbocycles. The first-order valence-corrected chi connectivity index (χ1v) is 18.8. The van der Waals surface area contributed by atoms with Crippen LogP contribution in [0.4, 0.5) is 184 Å². The predicted molar refractivity (Wildman–Crippen MR) is 152 cm³/mol. The summed E-state index contributed by atoms with van der Waals surface area (Å²) in [6.45, 7) is -6.32. The third kappa shape index (κ3) is 10.5. The van der Waals surface area contributed by atoms with E-state index in [9.17, 15) is 202 Å². The standard InChI is InChI=1S/C28H12F42O7S/c29-9(30,11(33,34)13(37,38)15(41,42)17(45,46)19(49,50)21(53,54)23(57,58)25(61,62)27(65,66)67)1-3-76-7(71)5-6(78(73,74)75)8(72)77-4-2-10(31,32)12(35,36)14(39,40)16(43,44)18(47,48)20(51,52)22(55,56)24(59,60)26(63,64)28(68,69)70/h6H,1-5H2,(H,73,74,75). The van der Waals surface area contributed by atoms with Gasteiger partial charge in [-0.2, -0.15) is 193 Å². The zero-order chi connectivity index (χ0) is 64.2. The summed E-state index contributed by atoms with van der Waals surface area (Å²) in [6.07, 6.45) is -27.2. The minimum Gasteiger partial charge on any atom is -0.465 e. The molecular weight excluding hydrogens is 1280 g/mol. The summed E-state index contributed by atoms with van der Waals surface area (Å²) in [5, 5.41) is -4.18. The Balaban J connectivity index is 6.62. The van der Waals surface area contributed by atoms with Crippen LogP contribution < -0.4 is 0 Å². The molecule has 0 bridgehead atoms. The highest BCUT2D eigenvalue weighted by Gasteiger charge is 3.00. The first-order valence-electron chi connectivity index (χ1n) is 17.3. The van der Waals surface area contributed by atoms with Crippen molar-refractivity contribution >= 4 is 22.1 Å². The number of alkyl halides is 42. The van der Waals surface area contributed by atoms with Gasteiger partial charge in [0, 0.05) is 0 Å². The van der Waals surface area contributed by atoms with Crippen LogP contribution in [0.25, 0.3) is 0 Å². The van der Waals surface area contributed by atoms with E-state index in [0.29, 0.717) is 0 Å². The minimum absolute atomic E-state index is 2.92. The van der Waals surface area contributed by atoms with Crippen LogP contribution in [0.3, 0.4) is 0 Å². The van der Waals surface area contributed by atoms with E-state index < -0.39 is 179 Å². The number of esters is 2. The van der Waals surface area contributed by atoms with Gasteiger partial charge in [0.05, 0.1) is 32.5 Å². The van der Waals surface area contributed by atoms with Gasteiger partial charge in [0.2, 0.25) is 0 Å². The van der Waals surface area contributed by atoms with E-state index in [1.807, 2.05) is 0 Å². The van der Waals surface area contributed by atoms with Gasteiger partial charge in [0.1, 0.15) is 0 Å². The molecule has 0 radical (unpaired) electrons. The fourth-order valence-electron chi connectivity index (χ4n) is 4.68. The Morgan fingerprint density at radius 2 is 0.487 bits per heavy atom. The molecule has 0 aromatic rings. The maximum Gasteiger partial charge on any atom is 0.460 e. The van der Waals surface area contributed by atoms with Crippen LogP contribution >= 0.6 is 0 Å². The van der Waals surface area contributed by atoms with Gasteiger partial charge in [0.25, 0.3) is 10.1 Å². The summed E-state index contributed by atoms with van der Waals surface area (Å²) in [6, 6.07) is 0. The molecule has 0 rings (SSSR count). The number of carbonyl (C=O) groups excluding carboxylic acids is 2. The van der Waals surface area contributed by atoms with Crippen molar-refractivity contribution in [3.05, 3.63) is 0 Å². The van der Waals surface area contributed by atoms with Gasteiger partial charge < -0.3 is 9.47 Å². The molecule has 78 heavy (non-hydrogen) atoms. The maximum absolute atomic E-state index is 14.1. The molecule has 0 aromatic heterocycles. The number of hydrogen-bond donors (Lipinski definition) is 1. The molecule has 1 N–H and O–H groups in total. The fourth-order valence-corrected chi connectivity index (χ4v) is 5.34. The topological polar surface area (TPSA) is 107 Å². The van der Waals surface area contributed by atoms with E-state index >= 15 is 0 Å². The third-order valence-corrected chi connectivity index (χ3v) is 10.5. The second-order valence-corrected chi connectivity index (χ2v) is 16.3. The predicted octanol–water partition coefficient (Wildman–Crippen LogP) is 13.1. The minimum atomic E-state index is -9.65. The van der Waals surface area contributed by atoms with Gasteiger partial charge in [-0.05, 0) is 0 Å². The van der Waals surface area contributed by atoms with Crippen LogP contribution in [0, 0.1) is 0 Å². The Bertz CT molecular complexity index is 2280. The molecule has 50 heteroatoms. The molecule has 0 aliphatic heterocycles. The summed E-state index contributed by atoms with van der Waals surface area (Å²) >= 11 is 0. The molecule has 0 aliphatic carbocycles. The van der Waals surface area contributed by atoms with Crippen molar-refractivity contribution in [3.8, 4) is 0 Å². The Morgan fingerprint density at radius 3 is 0.679 bits per heavy atom. The van der Waals surface area contributed by atoms with E-state index in [1.54, 1.807) is 0 Å². The molecule has 1 atom stereocenters. The average molecular weight is 1290 g/mol. The van der Waals surface area contributed by atoms with E-state index in [4.69, 9.17) is 4.55 Å². The normalized spacial score (nSPS) is 16.8. The molecule has 0 fully saturated rings. The van der Waals surface area contributed by atoms with Gasteiger partial charge in [-0.25, -0.2) is 0 Å². The number of carbonyl (C=O) groups is 2. The highest BCUT2D eigenvalue weighted by molar-refractivity contribution is 7.87. The summed E-state index contributed by atoms with van der Waals surface area (Å²) in [7, 11) is -6.73. The second kappa shape index (κ2) is 19.8. The maximum atomic E-state index is 14.1. The number of halogens is 42. The lowest BCUT2D eigenvalue weighted by Gasteiger charge is -2.44. The Hall–Kier alpha value is -4.09. The van der Waals surface area contributed by atoms with Crippen LogP contribution in [-0.4, -0.2) is 162 Å². The van der Waals surface area contributed by atoms with Crippen LogP contribution in [0.15, 0.2) is 0 Å².